The van der Waals surface area contributed by atoms with Gasteiger partial charge in [-0.15, -0.1) is 0 Å². The molecule has 0 amide bonds. The predicted molar refractivity (Wildman–Crippen MR) is 65.1 cm³/mol. The molecular weight excluding hydrogens is 216 g/mol. The first kappa shape index (κ1) is 12.1. The van der Waals surface area contributed by atoms with Crippen molar-refractivity contribution in [1.29, 1.82) is 0 Å². The van der Waals surface area contributed by atoms with Crippen molar-refractivity contribution in [2.24, 2.45) is 5.41 Å². The molecule has 1 unspecified atom stereocenters. The van der Waals surface area contributed by atoms with Crippen molar-refractivity contribution in [1.82, 2.24) is 0 Å². The Kier molecular flexibility index (Phi) is 3.20. The first-order valence-corrected chi connectivity index (χ1v) is 5.87. The van der Waals surface area contributed by atoms with Gasteiger partial charge in [-0.25, -0.2) is 0 Å². The van der Waals surface area contributed by atoms with Gasteiger partial charge in [0.25, 0.3) is 0 Å². The second-order valence-electron chi connectivity index (χ2n) is 5.31. The topological polar surface area (TPSA) is 46.5 Å². The lowest BCUT2D eigenvalue weighted by Gasteiger charge is -2.39. The molecular formula is C14H18O3. The SMILES string of the molecule is Cc1ccc(C(CC2(C)COC2)C(=O)O)cc1. The van der Waals surface area contributed by atoms with E-state index in [1.165, 1.54) is 0 Å². The van der Waals surface area contributed by atoms with Crippen LogP contribution < -0.4 is 0 Å². The Labute approximate surface area is 101 Å². The number of benzene rings is 1. The maximum Gasteiger partial charge on any atom is 0.310 e. The van der Waals surface area contributed by atoms with Gasteiger partial charge < -0.3 is 9.84 Å². The minimum atomic E-state index is -0.748. The van der Waals surface area contributed by atoms with Crippen molar-refractivity contribution in [3.63, 3.8) is 0 Å². The fourth-order valence-electron chi connectivity index (χ4n) is 2.21. The molecule has 1 aliphatic heterocycles. The lowest BCUT2D eigenvalue weighted by atomic mass is 9.77. The van der Waals surface area contributed by atoms with Gasteiger partial charge in [0.05, 0.1) is 19.1 Å². The number of aryl methyl sites for hydroxylation is 1. The molecule has 0 spiro atoms. The van der Waals surface area contributed by atoms with Crippen LogP contribution in [0.5, 0.6) is 0 Å². The lowest BCUT2D eigenvalue weighted by Crippen LogP contribution is -2.41. The molecule has 1 aromatic carbocycles. The molecule has 1 aliphatic rings. The molecule has 1 heterocycles. The standard InChI is InChI=1S/C14H18O3/c1-10-3-5-11(6-4-10)12(13(15)16)7-14(2)8-17-9-14/h3-6,12H,7-9H2,1-2H3,(H,15,16). The molecule has 17 heavy (non-hydrogen) atoms. The number of hydrogen-bond donors (Lipinski definition) is 1. The van der Waals surface area contributed by atoms with Crippen molar-refractivity contribution >= 4 is 5.97 Å². The van der Waals surface area contributed by atoms with Crippen molar-refractivity contribution in [3.05, 3.63) is 35.4 Å². The highest BCUT2D eigenvalue weighted by molar-refractivity contribution is 5.76. The third kappa shape index (κ3) is 2.67. The number of aliphatic carboxylic acids is 1. The Hall–Kier alpha value is -1.35. The fourth-order valence-corrected chi connectivity index (χ4v) is 2.21. The van der Waals surface area contributed by atoms with Crippen LogP contribution in [0.4, 0.5) is 0 Å². The molecule has 1 saturated heterocycles. The summed E-state index contributed by atoms with van der Waals surface area (Å²) in [6, 6.07) is 7.75. The zero-order valence-electron chi connectivity index (χ0n) is 10.3. The molecule has 1 fully saturated rings. The molecule has 1 atom stereocenters. The first-order chi connectivity index (χ1) is 8.00. The van der Waals surface area contributed by atoms with E-state index >= 15 is 0 Å². The number of carboxylic acids is 1. The third-order valence-corrected chi connectivity index (χ3v) is 3.38. The van der Waals surface area contributed by atoms with Crippen LogP contribution in [-0.4, -0.2) is 24.3 Å². The summed E-state index contributed by atoms with van der Waals surface area (Å²) in [5, 5.41) is 9.34. The number of carbonyl (C=O) groups is 1. The number of carboxylic acid groups (broad SMARTS) is 1. The zero-order valence-corrected chi connectivity index (χ0v) is 10.3. The number of rotatable bonds is 4. The van der Waals surface area contributed by atoms with Crippen molar-refractivity contribution in [3.8, 4) is 0 Å². The van der Waals surface area contributed by atoms with Crippen LogP contribution in [0.15, 0.2) is 24.3 Å². The zero-order chi connectivity index (χ0) is 12.5. The monoisotopic (exact) mass is 234 g/mol. The van der Waals surface area contributed by atoms with E-state index in [0.717, 1.165) is 11.1 Å². The maximum absolute atomic E-state index is 11.4. The summed E-state index contributed by atoms with van der Waals surface area (Å²) >= 11 is 0. The predicted octanol–water partition coefficient (Wildman–Crippen LogP) is 2.59. The van der Waals surface area contributed by atoms with Crippen LogP contribution in [0.2, 0.25) is 0 Å². The summed E-state index contributed by atoms with van der Waals surface area (Å²) in [5.74, 6) is -1.17. The quantitative estimate of drug-likeness (QED) is 0.871. The Morgan fingerprint density at radius 1 is 1.41 bits per heavy atom. The summed E-state index contributed by atoms with van der Waals surface area (Å²) in [6.45, 7) is 5.42. The molecule has 0 bridgehead atoms. The van der Waals surface area contributed by atoms with E-state index in [9.17, 15) is 9.90 Å². The minimum absolute atomic E-state index is 0.0218. The smallest absolute Gasteiger partial charge is 0.310 e. The fraction of sp³-hybridized carbons (Fsp3) is 0.500. The van der Waals surface area contributed by atoms with Crippen LogP contribution in [0.25, 0.3) is 0 Å². The molecule has 92 valence electrons. The molecule has 3 heteroatoms. The summed E-state index contributed by atoms with van der Waals surface area (Å²) < 4.78 is 5.18. The van der Waals surface area contributed by atoms with Gasteiger partial charge in [0.1, 0.15) is 0 Å². The Morgan fingerprint density at radius 2 is 2.00 bits per heavy atom. The van der Waals surface area contributed by atoms with Gasteiger partial charge in [-0.05, 0) is 18.9 Å². The third-order valence-electron chi connectivity index (χ3n) is 3.38. The van der Waals surface area contributed by atoms with Gasteiger partial charge in [0.2, 0.25) is 0 Å². The van der Waals surface area contributed by atoms with Crippen LogP contribution in [0.1, 0.15) is 30.4 Å². The summed E-state index contributed by atoms with van der Waals surface area (Å²) in [7, 11) is 0. The Balaban J connectivity index is 2.17. The molecule has 0 aromatic heterocycles. The summed E-state index contributed by atoms with van der Waals surface area (Å²) in [5.41, 5.74) is 2.06. The number of ether oxygens (including phenoxy) is 1. The van der Waals surface area contributed by atoms with Gasteiger partial charge in [0, 0.05) is 5.41 Å². The van der Waals surface area contributed by atoms with Gasteiger partial charge in [-0.2, -0.15) is 0 Å². The lowest BCUT2D eigenvalue weighted by molar-refractivity contribution is -0.145. The average molecular weight is 234 g/mol. The number of hydrogen-bond acceptors (Lipinski definition) is 2. The highest BCUT2D eigenvalue weighted by atomic mass is 16.5. The molecule has 0 saturated carbocycles. The highest BCUT2D eigenvalue weighted by Gasteiger charge is 2.38. The molecule has 2 rings (SSSR count). The molecule has 0 aliphatic carbocycles. The van der Waals surface area contributed by atoms with Crippen LogP contribution in [-0.2, 0) is 9.53 Å². The van der Waals surface area contributed by atoms with Gasteiger partial charge >= 0.3 is 5.97 Å². The van der Waals surface area contributed by atoms with E-state index in [2.05, 4.69) is 6.92 Å². The Morgan fingerprint density at radius 3 is 2.41 bits per heavy atom. The van der Waals surface area contributed by atoms with Crippen molar-refractivity contribution < 1.29 is 14.6 Å². The highest BCUT2D eigenvalue weighted by Crippen LogP contribution is 2.37. The minimum Gasteiger partial charge on any atom is -0.481 e. The summed E-state index contributed by atoms with van der Waals surface area (Å²) in [6.07, 6.45) is 0.644. The largest absolute Gasteiger partial charge is 0.481 e. The van der Waals surface area contributed by atoms with E-state index < -0.39 is 11.9 Å². The molecule has 3 nitrogen and oxygen atoms in total. The second-order valence-corrected chi connectivity index (χ2v) is 5.31. The molecule has 1 N–H and O–H groups in total. The molecule has 0 radical (unpaired) electrons. The van der Waals surface area contributed by atoms with Gasteiger partial charge in [-0.3, -0.25) is 4.79 Å². The van der Waals surface area contributed by atoms with Gasteiger partial charge in [0.15, 0.2) is 0 Å². The first-order valence-electron chi connectivity index (χ1n) is 5.87. The average Bonchev–Trinajstić information content (AvgIpc) is 2.24. The normalized spacial score (nSPS) is 19.4. The van der Waals surface area contributed by atoms with E-state index in [0.29, 0.717) is 19.6 Å². The van der Waals surface area contributed by atoms with Crippen molar-refractivity contribution in [2.75, 3.05) is 13.2 Å². The summed E-state index contributed by atoms with van der Waals surface area (Å²) in [4.78, 5) is 11.4. The van der Waals surface area contributed by atoms with Crippen LogP contribution in [0, 0.1) is 12.3 Å². The van der Waals surface area contributed by atoms with Crippen LogP contribution in [0.3, 0.4) is 0 Å². The second kappa shape index (κ2) is 4.49. The van der Waals surface area contributed by atoms with E-state index in [1.807, 2.05) is 31.2 Å². The molecule has 1 aromatic rings. The van der Waals surface area contributed by atoms with Gasteiger partial charge in [-0.1, -0.05) is 36.8 Å². The Bertz CT molecular complexity index is 404. The van der Waals surface area contributed by atoms with Crippen molar-refractivity contribution in [2.45, 2.75) is 26.2 Å². The van der Waals surface area contributed by atoms with E-state index in [1.54, 1.807) is 0 Å². The van der Waals surface area contributed by atoms with E-state index in [4.69, 9.17) is 4.74 Å². The van der Waals surface area contributed by atoms with Crippen LogP contribution >= 0.6 is 0 Å². The van der Waals surface area contributed by atoms with E-state index in [-0.39, 0.29) is 5.41 Å². The maximum atomic E-state index is 11.4.